The maximum absolute atomic E-state index is 13.4. The van der Waals surface area contributed by atoms with E-state index in [9.17, 15) is 8.42 Å². The van der Waals surface area contributed by atoms with Crippen LogP contribution in [0.1, 0.15) is 35.1 Å². The molecule has 0 amide bonds. The van der Waals surface area contributed by atoms with E-state index >= 15 is 0 Å². The number of likely N-dealkylation sites (N-methyl/N-ethyl adjacent to an activating group) is 1. The molecular formula is C30H33N3O3S. The lowest BCUT2D eigenvalue weighted by molar-refractivity contribution is 0.222. The van der Waals surface area contributed by atoms with Crippen molar-refractivity contribution in [2.75, 3.05) is 38.5 Å². The summed E-state index contributed by atoms with van der Waals surface area (Å²) in [6.07, 6.45) is 5.41. The predicted octanol–water partition coefficient (Wildman–Crippen LogP) is 5.03. The van der Waals surface area contributed by atoms with Crippen molar-refractivity contribution in [3.05, 3.63) is 102 Å². The summed E-state index contributed by atoms with van der Waals surface area (Å²) >= 11 is 0. The van der Waals surface area contributed by atoms with Gasteiger partial charge in [0.05, 0.1) is 10.9 Å². The number of fused-ring (bicyclic) bond motifs is 3. The number of rotatable bonds is 6. The third-order valence-corrected chi connectivity index (χ3v) is 9.82. The van der Waals surface area contributed by atoms with E-state index in [-0.39, 0.29) is 17.9 Å². The Morgan fingerprint density at radius 1 is 0.919 bits per heavy atom. The second kappa shape index (κ2) is 9.97. The van der Waals surface area contributed by atoms with Gasteiger partial charge in [-0.1, -0.05) is 60.7 Å². The SMILES string of the molecule is CN1CCN(S(=O)(=O)c2ccc3c(c2)C2C=CCC2C(c2ccccc2OCc2ccccc2)N3)CC1. The van der Waals surface area contributed by atoms with E-state index in [1.807, 2.05) is 49.5 Å². The van der Waals surface area contributed by atoms with Crippen LogP contribution in [-0.2, 0) is 16.6 Å². The summed E-state index contributed by atoms with van der Waals surface area (Å²) in [5.41, 5.74) is 4.33. The summed E-state index contributed by atoms with van der Waals surface area (Å²) in [6, 6.07) is 24.1. The summed E-state index contributed by atoms with van der Waals surface area (Å²) in [4.78, 5) is 2.56. The van der Waals surface area contributed by atoms with Crippen LogP contribution >= 0.6 is 0 Å². The lowest BCUT2D eigenvalue weighted by Crippen LogP contribution is -2.47. The fourth-order valence-electron chi connectivity index (χ4n) is 5.82. The molecule has 7 heteroatoms. The van der Waals surface area contributed by atoms with Crippen molar-refractivity contribution >= 4 is 15.7 Å². The van der Waals surface area contributed by atoms with Crippen molar-refractivity contribution in [1.29, 1.82) is 0 Å². The molecule has 1 fully saturated rings. The Morgan fingerprint density at radius 3 is 2.49 bits per heavy atom. The molecule has 2 heterocycles. The van der Waals surface area contributed by atoms with Crippen molar-refractivity contribution in [3.63, 3.8) is 0 Å². The molecule has 3 aromatic rings. The number of ether oxygens (including phenoxy) is 1. The molecule has 1 aliphatic carbocycles. The molecule has 1 N–H and O–H groups in total. The molecule has 3 atom stereocenters. The molecule has 2 aliphatic heterocycles. The molecule has 3 aliphatic rings. The maximum Gasteiger partial charge on any atom is 0.243 e. The minimum absolute atomic E-state index is 0.0690. The Balaban J connectivity index is 1.29. The third-order valence-electron chi connectivity index (χ3n) is 7.93. The van der Waals surface area contributed by atoms with E-state index in [0.29, 0.717) is 24.6 Å². The number of hydrogen-bond acceptors (Lipinski definition) is 5. The van der Waals surface area contributed by atoms with E-state index in [4.69, 9.17) is 4.74 Å². The average Bonchev–Trinajstić information content (AvgIpc) is 3.43. The number of nitrogens with zero attached hydrogens (tertiary/aromatic N) is 2. The Hall–Kier alpha value is -3.13. The van der Waals surface area contributed by atoms with Crippen LogP contribution < -0.4 is 10.1 Å². The van der Waals surface area contributed by atoms with Crippen molar-refractivity contribution in [2.24, 2.45) is 5.92 Å². The fraction of sp³-hybridized carbons (Fsp3) is 0.333. The number of allylic oxidation sites excluding steroid dienone is 2. The van der Waals surface area contributed by atoms with Gasteiger partial charge in [-0.3, -0.25) is 0 Å². The number of para-hydroxylation sites is 1. The van der Waals surface area contributed by atoms with E-state index in [0.717, 1.165) is 47.6 Å². The van der Waals surface area contributed by atoms with Crippen LogP contribution in [0.3, 0.4) is 0 Å². The molecule has 0 bridgehead atoms. The van der Waals surface area contributed by atoms with Crippen LogP contribution in [0.15, 0.2) is 89.8 Å². The van der Waals surface area contributed by atoms with E-state index in [1.54, 1.807) is 10.4 Å². The first-order chi connectivity index (χ1) is 18.0. The second-order valence-corrected chi connectivity index (χ2v) is 12.2. The smallest absolute Gasteiger partial charge is 0.243 e. The highest BCUT2D eigenvalue weighted by atomic mass is 32.2. The zero-order valence-electron chi connectivity index (χ0n) is 21.1. The maximum atomic E-state index is 13.4. The average molecular weight is 516 g/mol. The summed E-state index contributed by atoms with van der Waals surface area (Å²) in [6.45, 7) is 3.09. The van der Waals surface area contributed by atoms with Crippen LogP contribution in [0.5, 0.6) is 5.75 Å². The lowest BCUT2D eigenvalue weighted by Gasteiger charge is -2.38. The molecule has 3 aromatic carbocycles. The van der Waals surface area contributed by atoms with Crippen LogP contribution in [0.2, 0.25) is 0 Å². The molecule has 192 valence electrons. The van der Waals surface area contributed by atoms with Gasteiger partial charge in [0.15, 0.2) is 0 Å². The first-order valence-electron chi connectivity index (χ1n) is 13.0. The number of benzene rings is 3. The predicted molar refractivity (Wildman–Crippen MR) is 146 cm³/mol. The van der Waals surface area contributed by atoms with Gasteiger partial charge in [0.1, 0.15) is 12.4 Å². The quantitative estimate of drug-likeness (QED) is 0.467. The molecule has 3 unspecified atom stereocenters. The number of piperazine rings is 1. The van der Waals surface area contributed by atoms with E-state index in [2.05, 4.69) is 46.6 Å². The van der Waals surface area contributed by atoms with Gasteiger partial charge >= 0.3 is 0 Å². The first kappa shape index (κ1) is 24.2. The molecular weight excluding hydrogens is 482 g/mol. The Morgan fingerprint density at radius 2 is 1.68 bits per heavy atom. The van der Waals surface area contributed by atoms with Crippen LogP contribution in [0, 0.1) is 5.92 Å². The van der Waals surface area contributed by atoms with Gasteiger partial charge in [-0.15, -0.1) is 0 Å². The Bertz CT molecular complexity index is 1400. The van der Waals surface area contributed by atoms with Crippen LogP contribution in [0.25, 0.3) is 0 Å². The zero-order chi connectivity index (χ0) is 25.4. The van der Waals surface area contributed by atoms with Crippen LogP contribution in [-0.4, -0.2) is 50.8 Å². The highest BCUT2D eigenvalue weighted by molar-refractivity contribution is 7.89. The number of hydrogen-bond donors (Lipinski definition) is 1. The Labute approximate surface area is 219 Å². The summed E-state index contributed by atoms with van der Waals surface area (Å²) in [5.74, 6) is 1.33. The first-order valence-corrected chi connectivity index (χ1v) is 14.5. The highest BCUT2D eigenvalue weighted by Gasteiger charge is 2.40. The van der Waals surface area contributed by atoms with Gasteiger partial charge in [0.25, 0.3) is 0 Å². The molecule has 37 heavy (non-hydrogen) atoms. The lowest BCUT2D eigenvalue weighted by atomic mass is 9.77. The second-order valence-electron chi connectivity index (χ2n) is 10.2. The van der Waals surface area contributed by atoms with Crippen LogP contribution in [0.4, 0.5) is 5.69 Å². The normalized spacial score (nSPS) is 23.8. The molecule has 6 nitrogen and oxygen atoms in total. The molecule has 0 radical (unpaired) electrons. The summed E-state index contributed by atoms with van der Waals surface area (Å²) < 4.78 is 34.8. The van der Waals surface area contributed by atoms with Gasteiger partial charge in [0, 0.05) is 43.3 Å². The molecule has 0 saturated carbocycles. The monoisotopic (exact) mass is 515 g/mol. The number of sulfonamides is 1. The zero-order valence-corrected chi connectivity index (χ0v) is 21.9. The molecule has 0 aromatic heterocycles. The van der Waals surface area contributed by atoms with E-state index in [1.165, 1.54) is 0 Å². The van der Waals surface area contributed by atoms with Crippen molar-refractivity contribution in [3.8, 4) is 5.75 Å². The van der Waals surface area contributed by atoms with Gasteiger partial charge in [0.2, 0.25) is 10.0 Å². The van der Waals surface area contributed by atoms with Gasteiger partial charge < -0.3 is 15.0 Å². The van der Waals surface area contributed by atoms with Crippen molar-refractivity contribution in [1.82, 2.24) is 9.21 Å². The standard InChI is InChI=1S/C30H33N3O3S/c1-32-16-18-33(19-17-32)37(34,35)23-14-15-28-27(20-23)24-11-7-12-25(24)30(31-28)26-10-5-6-13-29(26)36-21-22-8-3-2-4-9-22/h2-11,13-15,20,24-25,30-31H,12,16-19,21H2,1H3. The Kier molecular flexibility index (Phi) is 6.53. The van der Waals surface area contributed by atoms with Gasteiger partial charge in [-0.25, -0.2) is 8.42 Å². The van der Waals surface area contributed by atoms with Crippen molar-refractivity contribution < 1.29 is 13.2 Å². The molecule has 0 spiro atoms. The number of nitrogens with one attached hydrogen (secondary N) is 1. The molecule has 6 rings (SSSR count). The van der Waals surface area contributed by atoms with Gasteiger partial charge in [-0.05, 0) is 54.8 Å². The topological polar surface area (TPSA) is 61.9 Å². The largest absolute Gasteiger partial charge is 0.489 e. The minimum Gasteiger partial charge on any atom is -0.489 e. The third kappa shape index (κ3) is 4.67. The summed E-state index contributed by atoms with van der Waals surface area (Å²) in [5, 5.41) is 3.75. The highest BCUT2D eigenvalue weighted by Crippen LogP contribution is 2.51. The minimum atomic E-state index is -3.52. The summed E-state index contributed by atoms with van der Waals surface area (Å²) in [7, 11) is -1.49. The number of anilines is 1. The molecule has 1 saturated heterocycles. The fourth-order valence-corrected chi connectivity index (χ4v) is 7.28. The van der Waals surface area contributed by atoms with Crippen molar-refractivity contribution in [2.45, 2.75) is 29.9 Å². The van der Waals surface area contributed by atoms with E-state index < -0.39 is 10.0 Å². The van der Waals surface area contributed by atoms with Gasteiger partial charge in [-0.2, -0.15) is 4.31 Å².